The van der Waals surface area contributed by atoms with Crippen molar-refractivity contribution in [3.63, 3.8) is 0 Å². The Labute approximate surface area is 132 Å². The monoisotopic (exact) mass is 305 g/mol. The predicted molar refractivity (Wildman–Crippen MR) is 87.6 cm³/mol. The van der Waals surface area contributed by atoms with E-state index in [0.29, 0.717) is 29.4 Å². The second-order valence-corrected chi connectivity index (χ2v) is 5.57. The zero-order valence-corrected chi connectivity index (χ0v) is 12.6. The molecule has 0 radical (unpaired) electrons. The lowest BCUT2D eigenvalue weighted by molar-refractivity contribution is 0.0966. The van der Waals surface area contributed by atoms with Crippen LogP contribution in [0.5, 0.6) is 0 Å². The summed E-state index contributed by atoms with van der Waals surface area (Å²) in [4.78, 5) is 16.7. The molecule has 0 saturated carbocycles. The molecular weight excluding hydrogens is 290 g/mol. The van der Waals surface area contributed by atoms with E-state index >= 15 is 0 Å². The summed E-state index contributed by atoms with van der Waals surface area (Å²) >= 11 is 0. The van der Waals surface area contributed by atoms with Crippen molar-refractivity contribution >= 4 is 11.6 Å². The Morgan fingerprint density at radius 1 is 1.17 bits per heavy atom. The van der Waals surface area contributed by atoms with Crippen LogP contribution in [0.1, 0.15) is 21.7 Å². The van der Waals surface area contributed by atoms with Gasteiger partial charge >= 0.3 is 0 Å². The number of rotatable bonds is 2. The Bertz CT molecular complexity index is 928. The zero-order chi connectivity index (χ0) is 16.0. The molecule has 0 aliphatic carbocycles. The predicted octanol–water partition coefficient (Wildman–Crippen LogP) is 2.27. The van der Waals surface area contributed by atoms with Crippen LogP contribution in [-0.4, -0.2) is 21.1 Å². The number of nitrogens with zero attached hydrogens (tertiary/aromatic N) is 2. The van der Waals surface area contributed by atoms with Crippen molar-refractivity contribution in [1.82, 2.24) is 20.5 Å². The van der Waals surface area contributed by atoms with E-state index in [1.165, 1.54) is 0 Å². The molecule has 4 rings (SSSR count). The third-order valence-electron chi connectivity index (χ3n) is 4.00. The van der Waals surface area contributed by atoms with Crippen LogP contribution in [0.3, 0.4) is 0 Å². The van der Waals surface area contributed by atoms with Crippen molar-refractivity contribution in [2.75, 3.05) is 5.73 Å². The van der Waals surface area contributed by atoms with Crippen molar-refractivity contribution in [3.8, 4) is 22.5 Å². The number of nitrogens with two attached hydrogens (primary N) is 1. The first-order valence-corrected chi connectivity index (χ1v) is 7.33. The molecule has 0 saturated heterocycles. The molecule has 114 valence electrons. The Balaban J connectivity index is 1.94. The first-order chi connectivity index (χ1) is 11.1. The minimum Gasteiger partial charge on any atom is -0.399 e. The molecule has 6 heteroatoms. The van der Waals surface area contributed by atoms with Crippen LogP contribution in [0.15, 0.2) is 36.4 Å². The third-order valence-corrected chi connectivity index (χ3v) is 4.00. The normalized spacial score (nSPS) is 13.0. The van der Waals surface area contributed by atoms with Gasteiger partial charge in [0.1, 0.15) is 5.82 Å². The fourth-order valence-corrected chi connectivity index (χ4v) is 2.97. The average molecular weight is 305 g/mol. The summed E-state index contributed by atoms with van der Waals surface area (Å²) in [7, 11) is 0. The molecule has 4 N–H and O–H groups in total. The largest absolute Gasteiger partial charge is 0.399 e. The maximum absolute atomic E-state index is 12.3. The lowest BCUT2D eigenvalue weighted by Crippen LogP contribution is -2.13. The Morgan fingerprint density at radius 3 is 2.74 bits per heavy atom. The number of benzene rings is 2. The van der Waals surface area contributed by atoms with E-state index in [4.69, 9.17) is 5.73 Å². The van der Waals surface area contributed by atoms with Gasteiger partial charge in [-0.3, -0.25) is 9.89 Å². The summed E-state index contributed by atoms with van der Waals surface area (Å²) in [6.07, 6.45) is 0. The first-order valence-electron chi connectivity index (χ1n) is 7.33. The van der Waals surface area contributed by atoms with Crippen LogP contribution in [0, 0.1) is 6.92 Å². The third kappa shape index (κ3) is 2.15. The van der Waals surface area contributed by atoms with Gasteiger partial charge in [0, 0.05) is 17.8 Å². The average Bonchev–Trinajstić information content (AvgIpc) is 3.13. The fraction of sp³-hybridized carbons (Fsp3) is 0.118. The highest BCUT2D eigenvalue weighted by Gasteiger charge is 2.27. The second-order valence-electron chi connectivity index (χ2n) is 5.57. The Kier molecular flexibility index (Phi) is 2.90. The number of hydrogen-bond donors (Lipinski definition) is 3. The van der Waals surface area contributed by atoms with Gasteiger partial charge in [-0.15, -0.1) is 0 Å². The molecule has 1 aliphatic rings. The lowest BCUT2D eigenvalue weighted by atomic mass is 9.93. The fourth-order valence-electron chi connectivity index (χ4n) is 2.97. The quantitative estimate of drug-likeness (QED) is 0.633. The van der Waals surface area contributed by atoms with Crippen LogP contribution in [0.25, 0.3) is 22.5 Å². The number of aromatic amines is 1. The van der Waals surface area contributed by atoms with Gasteiger partial charge in [0.15, 0.2) is 5.82 Å². The molecule has 0 unspecified atom stereocenters. The highest BCUT2D eigenvalue weighted by Crippen LogP contribution is 2.35. The van der Waals surface area contributed by atoms with E-state index in [1.807, 2.05) is 43.3 Å². The van der Waals surface area contributed by atoms with Gasteiger partial charge in [0.05, 0.1) is 5.56 Å². The zero-order valence-electron chi connectivity index (χ0n) is 12.6. The number of H-pyrrole nitrogens is 1. The highest BCUT2D eigenvalue weighted by atomic mass is 16.1. The summed E-state index contributed by atoms with van der Waals surface area (Å²) in [6, 6.07) is 11.5. The first kappa shape index (κ1) is 13.5. The second kappa shape index (κ2) is 4.95. The highest BCUT2D eigenvalue weighted by molar-refractivity contribution is 6.06. The summed E-state index contributed by atoms with van der Waals surface area (Å²) in [6.45, 7) is 2.33. The molecule has 0 bridgehead atoms. The number of nitrogen functional groups attached to an aromatic ring is 1. The number of anilines is 1. The van der Waals surface area contributed by atoms with Crippen LogP contribution in [-0.2, 0) is 6.54 Å². The van der Waals surface area contributed by atoms with Crippen LogP contribution >= 0.6 is 0 Å². The maximum atomic E-state index is 12.3. The number of hydrogen-bond acceptors (Lipinski definition) is 4. The van der Waals surface area contributed by atoms with Gasteiger partial charge in [-0.1, -0.05) is 18.2 Å². The number of carbonyl (C=O) groups is 1. The summed E-state index contributed by atoms with van der Waals surface area (Å²) < 4.78 is 0. The molecule has 23 heavy (non-hydrogen) atoms. The standard InChI is InChI=1S/C17H15N5O/c1-9-20-16(22-21-9)13-6-5-12(10-3-2-4-11(18)7-10)14-8-19-17(23)15(13)14/h2-7H,8,18H2,1H3,(H,19,23)(H,20,21,22). The van der Waals surface area contributed by atoms with Gasteiger partial charge in [-0.2, -0.15) is 5.10 Å². The van der Waals surface area contributed by atoms with Crippen molar-refractivity contribution in [2.24, 2.45) is 0 Å². The van der Waals surface area contributed by atoms with Gasteiger partial charge in [-0.25, -0.2) is 4.98 Å². The number of fused-ring (bicyclic) bond motifs is 1. The maximum Gasteiger partial charge on any atom is 0.252 e. The molecular formula is C17H15N5O. The minimum absolute atomic E-state index is 0.0943. The molecule has 1 aliphatic heterocycles. The molecule has 3 aromatic rings. The Morgan fingerprint density at radius 2 is 2.00 bits per heavy atom. The van der Waals surface area contributed by atoms with Crippen LogP contribution < -0.4 is 11.1 Å². The Hall–Kier alpha value is -3.15. The topological polar surface area (TPSA) is 96.7 Å². The molecule has 1 aromatic heterocycles. The van der Waals surface area contributed by atoms with Crippen molar-refractivity contribution < 1.29 is 4.79 Å². The van der Waals surface area contributed by atoms with Crippen molar-refractivity contribution in [3.05, 3.63) is 53.3 Å². The molecule has 2 aromatic carbocycles. The van der Waals surface area contributed by atoms with Gasteiger partial charge in [0.2, 0.25) is 0 Å². The minimum atomic E-state index is -0.0943. The smallest absolute Gasteiger partial charge is 0.252 e. The number of amides is 1. The molecule has 1 amide bonds. The number of carbonyl (C=O) groups excluding carboxylic acids is 1. The van der Waals surface area contributed by atoms with E-state index in [0.717, 1.165) is 22.3 Å². The van der Waals surface area contributed by atoms with E-state index in [-0.39, 0.29) is 5.91 Å². The van der Waals surface area contributed by atoms with E-state index in [9.17, 15) is 4.79 Å². The molecule has 2 heterocycles. The molecule has 0 spiro atoms. The lowest BCUT2D eigenvalue weighted by Gasteiger charge is -2.10. The van der Waals surface area contributed by atoms with Gasteiger partial charge in [-0.05, 0) is 41.8 Å². The van der Waals surface area contributed by atoms with Crippen molar-refractivity contribution in [1.29, 1.82) is 0 Å². The molecule has 0 fully saturated rings. The van der Waals surface area contributed by atoms with E-state index < -0.39 is 0 Å². The molecule has 0 atom stereocenters. The van der Waals surface area contributed by atoms with E-state index in [1.54, 1.807) is 0 Å². The summed E-state index contributed by atoms with van der Waals surface area (Å²) in [5.74, 6) is 1.16. The van der Waals surface area contributed by atoms with E-state index in [2.05, 4.69) is 20.5 Å². The van der Waals surface area contributed by atoms with Crippen LogP contribution in [0.4, 0.5) is 5.69 Å². The van der Waals surface area contributed by atoms with Gasteiger partial charge < -0.3 is 11.1 Å². The van der Waals surface area contributed by atoms with Gasteiger partial charge in [0.25, 0.3) is 5.91 Å². The SMILES string of the molecule is Cc1nc(-c2ccc(-c3cccc(N)c3)c3c2C(=O)NC3)n[nH]1. The molecule has 6 nitrogen and oxygen atoms in total. The number of aryl methyl sites for hydroxylation is 1. The number of nitrogens with one attached hydrogen (secondary N) is 2. The van der Waals surface area contributed by atoms with Crippen molar-refractivity contribution in [2.45, 2.75) is 13.5 Å². The number of aromatic nitrogens is 3. The summed E-state index contributed by atoms with van der Waals surface area (Å²) in [5, 5.41) is 9.89. The van der Waals surface area contributed by atoms with Crippen LogP contribution in [0.2, 0.25) is 0 Å². The summed E-state index contributed by atoms with van der Waals surface area (Å²) in [5.41, 5.74) is 10.9.